The summed E-state index contributed by atoms with van der Waals surface area (Å²) in [6, 6.07) is 7.47. The zero-order chi connectivity index (χ0) is 15.8. The summed E-state index contributed by atoms with van der Waals surface area (Å²) >= 11 is 1.52. The van der Waals surface area contributed by atoms with E-state index in [1.165, 1.54) is 24.6 Å². The second-order valence-electron chi connectivity index (χ2n) is 5.66. The van der Waals surface area contributed by atoms with Gasteiger partial charge in [-0.25, -0.2) is 9.97 Å². The average molecular weight is 327 g/mol. The summed E-state index contributed by atoms with van der Waals surface area (Å²) in [6.45, 7) is 2.56. The fraction of sp³-hybridized carbons (Fsp3) is 0.375. The van der Waals surface area contributed by atoms with Crippen LogP contribution in [0, 0.1) is 0 Å². The van der Waals surface area contributed by atoms with E-state index in [0.29, 0.717) is 23.6 Å². The third-order valence-corrected chi connectivity index (χ3v) is 4.96. The molecule has 0 bridgehead atoms. The lowest BCUT2D eigenvalue weighted by atomic mass is 10.2. The largest absolute Gasteiger partial charge is 0.287 e. The molecule has 7 heteroatoms. The van der Waals surface area contributed by atoms with Gasteiger partial charge in [-0.3, -0.25) is 14.5 Å². The van der Waals surface area contributed by atoms with Crippen LogP contribution in [-0.2, 0) is 12.3 Å². The lowest BCUT2D eigenvalue weighted by molar-refractivity contribution is 0.634. The summed E-state index contributed by atoms with van der Waals surface area (Å²) in [6.07, 6.45) is 2.37. The van der Waals surface area contributed by atoms with Gasteiger partial charge in [0.25, 0.3) is 5.56 Å². The van der Waals surface area contributed by atoms with Gasteiger partial charge in [0.2, 0.25) is 0 Å². The highest BCUT2D eigenvalue weighted by molar-refractivity contribution is 7.98. The number of aromatic nitrogens is 5. The standard InChI is InChI=1S/C16H17N5OS/c1-2-21-15(22)11-5-3-4-6-12(11)17-16(21)23-9-13-18-14(20-19-13)10-7-8-10/h3-6,10H,2,7-9H2,1H3,(H,18,19,20). The van der Waals surface area contributed by atoms with Gasteiger partial charge >= 0.3 is 0 Å². The van der Waals surface area contributed by atoms with E-state index < -0.39 is 0 Å². The maximum absolute atomic E-state index is 12.6. The van der Waals surface area contributed by atoms with Crippen molar-refractivity contribution in [1.29, 1.82) is 0 Å². The minimum atomic E-state index is 0.0110. The van der Waals surface area contributed by atoms with Gasteiger partial charge in [0.15, 0.2) is 11.0 Å². The molecule has 0 amide bonds. The summed E-state index contributed by atoms with van der Waals surface area (Å²) < 4.78 is 1.71. The molecule has 2 aromatic heterocycles. The third-order valence-electron chi connectivity index (χ3n) is 3.97. The molecule has 118 valence electrons. The van der Waals surface area contributed by atoms with Crippen molar-refractivity contribution in [2.24, 2.45) is 0 Å². The fourth-order valence-corrected chi connectivity index (χ4v) is 3.49. The van der Waals surface area contributed by atoms with Gasteiger partial charge in [-0.05, 0) is 31.9 Å². The van der Waals surface area contributed by atoms with Gasteiger partial charge in [-0.1, -0.05) is 23.9 Å². The van der Waals surface area contributed by atoms with Crippen molar-refractivity contribution in [3.05, 3.63) is 46.3 Å². The molecular weight excluding hydrogens is 310 g/mol. The Labute approximate surface area is 137 Å². The minimum Gasteiger partial charge on any atom is -0.287 e. The van der Waals surface area contributed by atoms with Gasteiger partial charge in [-0.15, -0.1) is 0 Å². The normalized spacial score (nSPS) is 14.5. The Bertz CT molecular complexity index is 912. The first kappa shape index (κ1) is 14.4. The molecule has 3 aromatic rings. The van der Waals surface area contributed by atoms with E-state index in [1.54, 1.807) is 4.57 Å². The number of fused-ring (bicyclic) bond motifs is 1. The Morgan fingerprint density at radius 3 is 2.91 bits per heavy atom. The van der Waals surface area contributed by atoms with Crippen molar-refractivity contribution in [1.82, 2.24) is 24.7 Å². The quantitative estimate of drug-likeness (QED) is 0.576. The highest BCUT2D eigenvalue weighted by Crippen LogP contribution is 2.38. The van der Waals surface area contributed by atoms with Crippen molar-refractivity contribution in [3.8, 4) is 0 Å². The molecule has 2 heterocycles. The van der Waals surface area contributed by atoms with Crippen LogP contribution in [0.5, 0.6) is 0 Å². The monoisotopic (exact) mass is 327 g/mol. The van der Waals surface area contributed by atoms with Crippen molar-refractivity contribution in [2.45, 2.75) is 43.1 Å². The van der Waals surface area contributed by atoms with Crippen molar-refractivity contribution in [2.75, 3.05) is 0 Å². The number of benzene rings is 1. The maximum Gasteiger partial charge on any atom is 0.262 e. The van der Waals surface area contributed by atoms with E-state index >= 15 is 0 Å². The molecule has 1 aromatic carbocycles. The van der Waals surface area contributed by atoms with Crippen LogP contribution >= 0.6 is 11.8 Å². The number of hydrogen-bond acceptors (Lipinski definition) is 5. The van der Waals surface area contributed by atoms with Gasteiger partial charge in [0, 0.05) is 12.5 Å². The molecule has 1 fully saturated rings. The Morgan fingerprint density at radius 1 is 1.30 bits per heavy atom. The van der Waals surface area contributed by atoms with Crippen LogP contribution in [0.2, 0.25) is 0 Å². The summed E-state index contributed by atoms with van der Waals surface area (Å²) in [7, 11) is 0. The zero-order valence-corrected chi connectivity index (χ0v) is 13.6. The van der Waals surface area contributed by atoms with E-state index in [1.807, 2.05) is 31.2 Å². The topological polar surface area (TPSA) is 76.5 Å². The van der Waals surface area contributed by atoms with Crippen LogP contribution in [0.4, 0.5) is 0 Å². The predicted molar refractivity (Wildman–Crippen MR) is 89.6 cm³/mol. The molecule has 1 aliphatic carbocycles. The van der Waals surface area contributed by atoms with Crippen LogP contribution in [0.3, 0.4) is 0 Å². The molecule has 1 saturated carbocycles. The number of nitrogens with zero attached hydrogens (tertiary/aromatic N) is 4. The first-order chi connectivity index (χ1) is 11.3. The van der Waals surface area contributed by atoms with E-state index in [2.05, 4.69) is 20.2 Å². The Morgan fingerprint density at radius 2 is 2.13 bits per heavy atom. The number of rotatable bonds is 5. The Kier molecular flexibility index (Phi) is 3.65. The van der Waals surface area contributed by atoms with E-state index in [9.17, 15) is 4.79 Å². The molecule has 0 radical (unpaired) electrons. The Hall–Kier alpha value is -2.15. The van der Waals surface area contributed by atoms with Crippen LogP contribution < -0.4 is 5.56 Å². The van der Waals surface area contributed by atoms with E-state index in [0.717, 1.165) is 22.3 Å². The van der Waals surface area contributed by atoms with E-state index in [-0.39, 0.29) is 5.56 Å². The number of para-hydroxylation sites is 1. The molecule has 0 unspecified atom stereocenters. The third kappa shape index (κ3) is 2.76. The van der Waals surface area contributed by atoms with Crippen LogP contribution in [0.25, 0.3) is 10.9 Å². The number of nitrogens with one attached hydrogen (secondary N) is 1. The molecule has 1 aliphatic rings. The molecule has 23 heavy (non-hydrogen) atoms. The highest BCUT2D eigenvalue weighted by atomic mass is 32.2. The molecule has 0 aliphatic heterocycles. The first-order valence-electron chi connectivity index (χ1n) is 7.80. The van der Waals surface area contributed by atoms with Crippen molar-refractivity contribution >= 4 is 22.7 Å². The van der Waals surface area contributed by atoms with Gasteiger partial charge in [0.1, 0.15) is 5.82 Å². The molecule has 1 N–H and O–H groups in total. The summed E-state index contributed by atoms with van der Waals surface area (Å²) in [4.78, 5) is 21.7. The molecular formula is C16H17N5OS. The van der Waals surface area contributed by atoms with E-state index in [4.69, 9.17) is 0 Å². The lowest BCUT2D eigenvalue weighted by Gasteiger charge is -2.10. The molecule has 4 rings (SSSR count). The molecule has 6 nitrogen and oxygen atoms in total. The summed E-state index contributed by atoms with van der Waals surface area (Å²) in [5, 5.41) is 8.64. The zero-order valence-electron chi connectivity index (χ0n) is 12.8. The number of H-pyrrole nitrogens is 1. The van der Waals surface area contributed by atoms with Crippen molar-refractivity contribution < 1.29 is 0 Å². The average Bonchev–Trinajstić information content (AvgIpc) is 3.32. The summed E-state index contributed by atoms with van der Waals surface area (Å²) in [5.74, 6) is 2.92. The minimum absolute atomic E-state index is 0.0110. The van der Waals surface area contributed by atoms with Gasteiger partial charge in [-0.2, -0.15) is 5.10 Å². The molecule has 0 spiro atoms. The van der Waals surface area contributed by atoms with Crippen LogP contribution in [0.1, 0.15) is 37.3 Å². The molecule has 0 saturated heterocycles. The number of thioether (sulfide) groups is 1. The first-order valence-corrected chi connectivity index (χ1v) is 8.78. The second-order valence-corrected chi connectivity index (χ2v) is 6.61. The predicted octanol–water partition coefficient (Wildman–Crippen LogP) is 2.70. The number of aromatic amines is 1. The smallest absolute Gasteiger partial charge is 0.262 e. The van der Waals surface area contributed by atoms with Gasteiger partial charge < -0.3 is 0 Å². The SMILES string of the molecule is CCn1c(SCc2nc(C3CC3)n[nH]2)nc2ccccc2c1=O. The van der Waals surface area contributed by atoms with Crippen LogP contribution in [0.15, 0.2) is 34.2 Å². The highest BCUT2D eigenvalue weighted by Gasteiger charge is 2.27. The second kappa shape index (κ2) is 5.81. The number of hydrogen-bond donors (Lipinski definition) is 1. The summed E-state index contributed by atoms with van der Waals surface area (Å²) in [5.41, 5.74) is 0.748. The fourth-order valence-electron chi connectivity index (χ4n) is 2.57. The molecule has 0 atom stereocenters. The van der Waals surface area contributed by atoms with Crippen LogP contribution in [-0.4, -0.2) is 24.7 Å². The van der Waals surface area contributed by atoms with Crippen molar-refractivity contribution in [3.63, 3.8) is 0 Å². The lowest BCUT2D eigenvalue weighted by Crippen LogP contribution is -2.22. The maximum atomic E-state index is 12.6. The van der Waals surface area contributed by atoms with Gasteiger partial charge in [0.05, 0.1) is 16.7 Å². The Balaban J connectivity index is 1.63.